The van der Waals surface area contributed by atoms with E-state index in [0.29, 0.717) is 24.9 Å². The lowest BCUT2D eigenvalue weighted by Gasteiger charge is -2.18. The van der Waals surface area contributed by atoms with E-state index in [1.807, 2.05) is 0 Å². The van der Waals surface area contributed by atoms with Gasteiger partial charge in [-0.2, -0.15) is 13.1 Å². The molecule has 2 rings (SSSR count). The quantitative estimate of drug-likeness (QED) is 0.655. The lowest BCUT2D eigenvalue weighted by Crippen LogP contribution is -2.30. The first kappa shape index (κ1) is 21.3. The Hall–Kier alpha value is -1.97. The molecule has 1 N–H and O–H groups in total. The molecule has 0 fully saturated rings. The van der Waals surface area contributed by atoms with E-state index in [-0.39, 0.29) is 21.0 Å². The standard InChI is InChI=1S/C18H20F2N2O3S2/c1-3-22(4-2)27(24,25)14-9-7-8-13(12-14)17(23)21-15-10-5-6-11-16(15)26-18(19)20/h5-12,18H,3-4H2,1-2H3,(H,21,23). The van der Waals surface area contributed by atoms with Crippen LogP contribution >= 0.6 is 11.8 Å². The van der Waals surface area contributed by atoms with Crippen LogP contribution in [-0.4, -0.2) is 37.5 Å². The van der Waals surface area contributed by atoms with Crippen molar-refractivity contribution in [2.45, 2.75) is 29.4 Å². The Balaban J connectivity index is 2.29. The lowest BCUT2D eigenvalue weighted by molar-refractivity contribution is 0.102. The van der Waals surface area contributed by atoms with Crippen molar-refractivity contribution < 1.29 is 22.0 Å². The van der Waals surface area contributed by atoms with E-state index in [4.69, 9.17) is 0 Å². The number of hydrogen-bond acceptors (Lipinski definition) is 4. The minimum Gasteiger partial charge on any atom is -0.321 e. The van der Waals surface area contributed by atoms with E-state index in [1.54, 1.807) is 26.0 Å². The van der Waals surface area contributed by atoms with Gasteiger partial charge >= 0.3 is 0 Å². The summed E-state index contributed by atoms with van der Waals surface area (Å²) >= 11 is 0.329. The first-order chi connectivity index (χ1) is 12.8. The number of carbonyl (C=O) groups excluding carboxylic acids is 1. The van der Waals surface area contributed by atoms with Crippen LogP contribution in [0.15, 0.2) is 58.3 Å². The second-order valence-corrected chi connectivity index (χ2v) is 8.42. The van der Waals surface area contributed by atoms with Gasteiger partial charge in [0.1, 0.15) is 0 Å². The van der Waals surface area contributed by atoms with Gasteiger partial charge in [-0.25, -0.2) is 8.42 Å². The summed E-state index contributed by atoms with van der Waals surface area (Å²) in [6.07, 6.45) is 0. The molecule has 2 aromatic carbocycles. The topological polar surface area (TPSA) is 66.5 Å². The summed E-state index contributed by atoms with van der Waals surface area (Å²) in [4.78, 5) is 12.8. The Morgan fingerprint density at radius 1 is 1.11 bits per heavy atom. The van der Waals surface area contributed by atoms with Crippen LogP contribution in [0.4, 0.5) is 14.5 Å². The first-order valence-electron chi connectivity index (χ1n) is 8.25. The van der Waals surface area contributed by atoms with Crippen LogP contribution in [0.1, 0.15) is 24.2 Å². The zero-order valence-electron chi connectivity index (χ0n) is 14.9. The number of benzene rings is 2. The average molecular weight is 414 g/mol. The normalized spacial score (nSPS) is 11.8. The van der Waals surface area contributed by atoms with Crippen LogP contribution in [-0.2, 0) is 10.0 Å². The number of anilines is 1. The third-order valence-corrected chi connectivity index (χ3v) is 6.62. The fourth-order valence-corrected chi connectivity index (χ4v) is 4.57. The Morgan fingerprint density at radius 3 is 2.41 bits per heavy atom. The predicted octanol–water partition coefficient (Wildman–Crippen LogP) is 4.28. The van der Waals surface area contributed by atoms with Crippen molar-refractivity contribution in [3.63, 3.8) is 0 Å². The second-order valence-electron chi connectivity index (χ2n) is 5.45. The van der Waals surface area contributed by atoms with E-state index in [1.165, 1.54) is 40.7 Å². The average Bonchev–Trinajstić information content (AvgIpc) is 2.64. The van der Waals surface area contributed by atoms with Gasteiger partial charge in [-0.15, -0.1) is 0 Å². The summed E-state index contributed by atoms with van der Waals surface area (Å²) in [6, 6.07) is 11.9. The predicted molar refractivity (Wildman–Crippen MR) is 103 cm³/mol. The molecule has 0 aliphatic rings. The minimum atomic E-state index is -3.70. The van der Waals surface area contributed by atoms with E-state index < -0.39 is 21.7 Å². The molecular weight excluding hydrogens is 394 g/mol. The van der Waals surface area contributed by atoms with Crippen molar-refractivity contribution in [3.05, 3.63) is 54.1 Å². The number of amides is 1. The molecule has 0 saturated heterocycles. The number of carbonyl (C=O) groups is 1. The van der Waals surface area contributed by atoms with Crippen molar-refractivity contribution in [1.29, 1.82) is 0 Å². The fraction of sp³-hybridized carbons (Fsp3) is 0.278. The number of thioether (sulfide) groups is 1. The van der Waals surface area contributed by atoms with Gasteiger partial charge in [0.25, 0.3) is 11.7 Å². The number of alkyl halides is 2. The van der Waals surface area contributed by atoms with Gasteiger partial charge < -0.3 is 5.32 Å². The molecule has 146 valence electrons. The van der Waals surface area contributed by atoms with Gasteiger partial charge in [-0.3, -0.25) is 4.79 Å². The zero-order valence-corrected chi connectivity index (χ0v) is 16.5. The third kappa shape index (κ3) is 5.27. The van der Waals surface area contributed by atoms with Gasteiger partial charge in [0.05, 0.1) is 10.6 Å². The highest BCUT2D eigenvalue weighted by molar-refractivity contribution is 7.99. The molecule has 0 spiro atoms. The molecule has 0 bridgehead atoms. The zero-order chi connectivity index (χ0) is 20.0. The summed E-state index contributed by atoms with van der Waals surface area (Å²) in [5.74, 6) is -3.19. The summed E-state index contributed by atoms with van der Waals surface area (Å²) in [5.41, 5.74) is 0.366. The van der Waals surface area contributed by atoms with Crippen molar-refractivity contribution in [2.75, 3.05) is 18.4 Å². The van der Waals surface area contributed by atoms with E-state index in [2.05, 4.69) is 5.32 Å². The maximum Gasteiger partial charge on any atom is 0.288 e. The number of halogens is 2. The molecule has 0 aliphatic heterocycles. The molecule has 0 heterocycles. The number of sulfonamides is 1. The molecule has 0 aliphatic carbocycles. The molecule has 0 aromatic heterocycles. The molecule has 0 saturated carbocycles. The molecular formula is C18H20F2N2O3S2. The SMILES string of the molecule is CCN(CC)S(=O)(=O)c1cccc(C(=O)Nc2ccccc2SC(F)F)c1. The Kier molecular flexibility index (Phi) is 7.34. The van der Waals surface area contributed by atoms with Crippen molar-refractivity contribution in [1.82, 2.24) is 4.31 Å². The van der Waals surface area contributed by atoms with Crippen LogP contribution in [0.25, 0.3) is 0 Å². The van der Waals surface area contributed by atoms with E-state index in [9.17, 15) is 22.0 Å². The van der Waals surface area contributed by atoms with Crippen molar-refractivity contribution in [3.8, 4) is 0 Å². The summed E-state index contributed by atoms with van der Waals surface area (Å²) < 4.78 is 51.8. The molecule has 1 amide bonds. The summed E-state index contributed by atoms with van der Waals surface area (Å²) in [6.45, 7) is 4.09. The van der Waals surface area contributed by atoms with Crippen LogP contribution in [0.2, 0.25) is 0 Å². The molecule has 0 unspecified atom stereocenters. The maximum atomic E-state index is 12.7. The third-order valence-electron chi connectivity index (χ3n) is 3.79. The maximum absolute atomic E-state index is 12.7. The Morgan fingerprint density at radius 2 is 1.78 bits per heavy atom. The number of nitrogens with one attached hydrogen (secondary N) is 1. The summed E-state index contributed by atoms with van der Waals surface area (Å²) in [5, 5.41) is 2.57. The van der Waals surface area contributed by atoms with Crippen LogP contribution in [0, 0.1) is 0 Å². The minimum absolute atomic E-state index is 0.00842. The highest BCUT2D eigenvalue weighted by atomic mass is 32.2. The van der Waals surface area contributed by atoms with Crippen molar-refractivity contribution >= 4 is 33.4 Å². The molecule has 2 aromatic rings. The second kappa shape index (κ2) is 9.29. The first-order valence-corrected chi connectivity index (χ1v) is 10.6. The highest BCUT2D eigenvalue weighted by Crippen LogP contribution is 2.32. The van der Waals surface area contributed by atoms with Gasteiger partial charge in [0.2, 0.25) is 10.0 Å². The molecule has 0 radical (unpaired) electrons. The molecule has 5 nitrogen and oxygen atoms in total. The highest BCUT2D eigenvalue weighted by Gasteiger charge is 2.22. The molecule has 27 heavy (non-hydrogen) atoms. The van der Waals surface area contributed by atoms with Crippen LogP contribution in [0.5, 0.6) is 0 Å². The molecule has 9 heteroatoms. The Labute approximate surface area is 161 Å². The van der Waals surface area contributed by atoms with Gasteiger partial charge in [0.15, 0.2) is 0 Å². The van der Waals surface area contributed by atoms with E-state index >= 15 is 0 Å². The van der Waals surface area contributed by atoms with Gasteiger partial charge in [-0.1, -0.05) is 43.8 Å². The fourth-order valence-electron chi connectivity index (χ4n) is 2.47. The number of rotatable bonds is 8. The van der Waals surface area contributed by atoms with Gasteiger partial charge in [-0.05, 0) is 30.3 Å². The number of para-hydroxylation sites is 1. The van der Waals surface area contributed by atoms with Gasteiger partial charge in [0, 0.05) is 23.5 Å². The smallest absolute Gasteiger partial charge is 0.288 e. The Bertz CT molecular complexity index is 901. The largest absolute Gasteiger partial charge is 0.321 e. The van der Waals surface area contributed by atoms with Crippen LogP contribution in [0.3, 0.4) is 0 Å². The molecule has 0 atom stereocenters. The number of nitrogens with zero attached hydrogens (tertiary/aromatic N) is 1. The lowest BCUT2D eigenvalue weighted by atomic mass is 10.2. The number of hydrogen-bond donors (Lipinski definition) is 1. The van der Waals surface area contributed by atoms with Crippen LogP contribution < -0.4 is 5.32 Å². The summed E-state index contributed by atoms with van der Waals surface area (Å²) in [7, 11) is -3.70. The monoisotopic (exact) mass is 414 g/mol. The van der Waals surface area contributed by atoms with E-state index in [0.717, 1.165) is 0 Å². The van der Waals surface area contributed by atoms with Crippen molar-refractivity contribution in [2.24, 2.45) is 0 Å².